The van der Waals surface area contributed by atoms with Crippen molar-refractivity contribution in [2.75, 3.05) is 0 Å². The van der Waals surface area contributed by atoms with E-state index in [1.54, 1.807) is 0 Å². The minimum Gasteiger partial charge on any atom is -0.481 e. The molecule has 0 aromatic carbocycles. The number of carbonyl (C=O) groups excluding carboxylic acids is 1. The van der Waals surface area contributed by atoms with Gasteiger partial charge < -0.3 is 10.4 Å². The first-order valence-electron chi connectivity index (χ1n) is 11.0. The smallest absolute Gasteiger partial charge is 0.307 e. The molecule has 5 aliphatic carbocycles. The Kier molecular flexibility index (Phi) is 5.04. The minimum absolute atomic E-state index is 0.0336. The van der Waals surface area contributed by atoms with Crippen molar-refractivity contribution in [2.24, 2.45) is 35.0 Å². The number of hydrogen-bond donors (Lipinski definition) is 2. The van der Waals surface area contributed by atoms with E-state index < -0.39 is 11.9 Å². The number of amides is 1. The predicted octanol–water partition coefficient (Wildman–Crippen LogP) is 4.38. The van der Waals surface area contributed by atoms with Crippen LogP contribution in [-0.2, 0) is 9.59 Å². The lowest BCUT2D eigenvalue weighted by molar-refractivity contribution is -0.150. The van der Waals surface area contributed by atoms with Crippen molar-refractivity contribution in [1.82, 2.24) is 5.32 Å². The molecule has 4 heteroatoms. The van der Waals surface area contributed by atoms with Crippen LogP contribution in [0.3, 0.4) is 0 Å². The van der Waals surface area contributed by atoms with E-state index in [0.29, 0.717) is 11.8 Å². The van der Waals surface area contributed by atoms with Gasteiger partial charge in [0.05, 0.1) is 11.8 Å². The molecule has 0 aromatic heterocycles. The molecular weight excluding hydrogens is 326 g/mol. The zero-order chi connectivity index (χ0) is 18.3. The summed E-state index contributed by atoms with van der Waals surface area (Å²) in [5, 5.41) is 13.0. The van der Waals surface area contributed by atoms with E-state index in [9.17, 15) is 14.7 Å². The predicted molar refractivity (Wildman–Crippen MR) is 101 cm³/mol. The fourth-order valence-electron chi connectivity index (χ4n) is 7.44. The Labute approximate surface area is 157 Å². The Bertz CT molecular complexity index is 522. The molecule has 0 aliphatic heterocycles. The lowest BCUT2D eigenvalue weighted by atomic mass is 9.47. The molecule has 146 valence electrons. The SMILES string of the molecule is CCC[C@@H](NC(=O)[C@H]1CCCC[C@@H]1C(=O)O)C12CC3CC(CC(C3)C1)C2. The number of carboxylic acids is 1. The van der Waals surface area contributed by atoms with Crippen molar-refractivity contribution in [3.8, 4) is 0 Å². The highest BCUT2D eigenvalue weighted by molar-refractivity contribution is 5.85. The highest BCUT2D eigenvalue weighted by Gasteiger charge is 2.54. The molecule has 0 unspecified atom stereocenters. The van der Waals surface area contributed by atoms with Crippen LogP contribution in [0.15, 0.2) is 0 Å². The van der Waals surface area contributed by atoms with E-state index in [0.717, 1.165) is 49.9 Å². The number of nitrogens with one attached hydrogen (secondary N) is 1. The third-order valence-electron chi connectivity index (χ3n) is 8.14. The number of carboxylic acid groups (broad SMARTS) is 1. The van der Waals surface area contributed by atoms with Gasteiger partial charge in [0.1, 0.15) is 0 Å². The summed E-state index contributed by atoms with van der Waals surface area (Å²) in [5.41, 5.74) is 0.299. The van der Waals surface area contributed by atoms with Gasteiger partial charge in [-0.15, -0.1) is 0 Å². The van der Waals surface area contributed by atoms with E-state index in [4.69, 9.17) is 0 Å². The third kappa shape index (κ3) is 3.29. The summed E-state index contributed by atoms with van der Waals surface area (Å²) in [4.78, 5) is 24.7. The molecular formula is C22H35NO3. The first-order chi connectivity index (χ1) is 12.5. The summed E-state index contributed by atoms with van der Waals surface area (Å²) in [6.45, 7) is 2.21. The molecule has 5 fully saturated rings. The first-order valence-corrected chi connectivity index (χ1v) is 11.0. The molecule has 26 heavy (non-hydrogen) atoms. The summed E-state index contributed by atoms with van der Waals surface area (Å²) in [7, 11) is 0. The standard InChI is InChI=1S/C22H35NO3/c1-2-5-19(22-11-14-8-15(12-22)10-16(9-14)13-22)23-20(24)17-6-3-4-7-18(17)21(25)26/h14-19H,2-13H2,1H3,(H,23,24)(H,25,26)/t14?,15?,16?,17-,18-,19+,22?/m0/s1. The molecule has 1 amide bonds. The Morgan fingerprint density at radius 3 is 2.04 bits per heavy atom. The fraction of sp³-hybridized carbons (Fsp3) is 0.909. The summed E-state index contributed by atoms with van der Waals surface area (Å²) in [5.74, 6) is 1.06. The topological polar surface area (TPSA) is 66.4 Å². The summed E-state index contributed by atoms with van der Waals surface area (Å²) < 4.78 is 0. The van der Waals surface area contributed by atoms with Crippen molar-refractivity contribution in [2.45, 2.75) is 90.0 Å². The van der Waals surface area contributed by atoms with Gasteiger partial charge in [-0.1, -0.05) is 26.2 Å². The second kappa shape index (κ2) is 7.16. The Morgan fingerprint density at radius 2 is 1.54 bits per heavy atom. The van der Waals surface area contributed by atoms with Crippen LogP contribution >= 0.6 is 0 Å². The van der Waals surface area contributed by atoms with Crippen LogP contribution in [0.5, 0.6) is 0 Å². The maximum absolute atomic E-state index is 13.1. The van der Waals surface area contributed by atoms with Crippen LogP contribution in [0.4, 0.5) is 0 Å². The van der Waals surface area contributed by atoms with Gasteiger partial charge >= 0.3 is 5.97 Å². The largest absolute Gasteiger partial charge is 0.481 e. The molecule has 0 spiro atoms. The quantitative estimate of drug-likeness (QED) is 0.738. The first kappa shape index (κ1) is 18.3. The van der Waals surface area contributed by atoms with Crippen LogP contribution in [0.25, 0.3) is 0 Å². The molecule has 5 rings (SSSR count). The number of hydrogen-bond acceptors (Lipinski definition) is 2. The molecule has 0 radical (unpaired) electrons. The average molecular weight is 362 g/mol. The Morgan fingerprint density at radius 1 is 1.00 bits per heavy atom. The third-order valence-corrected chi connectivity index (χ3v) is 8.14. The van der Waals surface area contributed by atoms with Crippen molar-refractivity contribution >= 4 is 11.9 Å². The van der Waals surface area contributed by atoms with Crippen LogP contribution < -0.4 is 5.32 Å². The van der Waals surface area contributed by atoms with Crippen LogP contribution in [0.2, 0.25) is 0 Å². The Hall–Kier alpha value is -1.06. The van der Waals surface area contributed by atoms with Crippen LogP contribution in [0.1, 0.15) is 84.0 Å². The van der Waals surface area contributed by atoms with Crippen LogP contribution in [0, 0.1) is 35.0 Å². The van der Waals surface area contributed by atoms with Gasteiger partial charge in [0, 0.05) is 6.04 Å². The van der Waals surface area contributed by atoms with E-state index in [1.807, 2.05) is 0 Å². The zero-order valence-corrected chi connectivity index (χ0v) is 16.2. The summed E-state index contributed by atoms with van der Waals surface area (Å²) in [6, 6.07) is 0.254. The highest BCUT2D eigenvalue weighted by atomic mass is 16.4. The molecule has 2 N–H and O–H groups in total. The summed E-state index contributed by atoms with van der Waals surface area (Å²) >= 11 is 0. The second-order valence-corrected chi connectivity index (χ2v) is 9.97. The van der Waals surface area contributed by atoms with Crippen molar-refractivity contribution in [3.63, 3.8) is 0 Å². The zero-order valence-electron chi connectivity index (χ0n) is 16.2. The normalized spacial score (nSPS) is 42.4. The second-order valence-electron chi connectivity index (χ2n) is 9.97. The molecule has 0 aromatic rings. The van der Waals surface area contributed by atoms with Gasteiger partial charge in [-0.3, -0.25) is 9.59 Å². The van der Waals surface area contributed by atoms with E-state index in [2.05, 4.69) is 12.2 Å². The average Bonchev–Trinajstić information content (AvgIpc) is 2.60. The van der Waals surface area contributed by atoms with Gasteiger partial charge in [0.15, 0.2) is 0 Å². The van der Waals surface area contributed by atoms with Gasteiger partial charge in [0.25, 0.3) is 0 Å². The number of aliphatic carboxylic acids is 1. The lowest BCUT2D eigenvalue weighted by Gasteiger charge is -2.59. The molecule has 5 aliphatic rings. The van der Waals surface area contributed by atoms with Crippen LogP contribution in [-0.4, -0.2) is 23.0 Å². The van der Waals surface area contributed by atoms with Gasteiger partial charge in [-0.25, -0.2) is 0 Å². The maximum Gasteiger partial charge on any atom is 0.307 e. The molecule has 3 atom stereocenters. The van der Waals surface area contributed by atoms with Gasteiger partial charge in [-0.2, -0.15) is 0 Å². The van der Waals surface area contributed by atoms with Crippen molar-refractivity contribution < 1.29 is 14.7 Å². The maximum atomic E-state index is 13.1. The van der Waals surface area contributed by atoms with Gasteiger partial charge in [0.2, 0.25) is 5.91 Å². The number of carbonyl (C=O) groups is 2. The fourth-order valence-corrected chi connectivity index (χ4v) is 7.44. The molecule has 5 saturated carbocycles. The summed E-state index contributed by atoms with van der Waals surface area (Å²) in [6.07, 6.45) is 13.5. The van der Waals surface area contributed by atoms with Crippen molar-refractivity contribution in [3.05, 3.63) is 0 Å². The van der Waals surface area contributed by atoms with E-state index in [1.165, 1.54) is 38.5 Å². The highest BCUT2D eigenvalue weighted by Crippen LogP contribution is 2.61. The monoisotopic (exact) mass is 361 g/mol. The molecule has 0 saturated heterocycles. The Balaban J connectivity index is 1.50. The van der Waals surface area contributed by atoms with E-state index in [-0.39, 0.29) is 17.9 Å². The number of rotatable bonds is 6. The van der Waals surface area contributed by atoms with Crippen molar-refractivity contribution in [1.29, 1.82) is 0 Å². The van der Waals surface area contributed by atoms with E-state index >= 15 is 0 Å². The lowest BCUT2D eigenvalue weighted by Crippen LogP contribution is -2.58. The molecule has 0 heterocycles. The molecule has 4 nitrogen and oxygen atoms in total. The molecule has 4 bridgehead atoms. The van der Waals surface area contributed by atoms with Gasteiger partial charge in [-0.05, 0) is 81.0 Å². The minimum atomic E-state index is -0.785.